The average molecular weight is 374 g/mol. The van der Waals surface area contributed by atoms with Crippen molar-refractivity contribution in [1.29, 1.82) is 0 Å². The summed E-state index contributed by atoms with van der Waals surface area (Å²) in [5.41, 5.74) is 5.47. The first-order valence-electron chi connectivity index (χ1n) is 7.82. The maximum Gasteiger partial charge on any atom is 0.232 e. The van der Waals surface area contributed by atoms with Crippen molar-refractivity contribution in [3.05, 3.63) is 57.1 Å². The molecule has 0 bridgehead atoms. The predicted octanol–water partition coefficient (Wildman–Crippen LogP) is 4.74. The maximum atomic E-state index is 12.5. The molecule has 1 amide bonds. The Morgan fingerprint density at radius 3 is 2.74 bits per heavy atom. The van der Waals surface area contributed by atoms with Crippen LogP contribution in [-0.4, -0.2) is 12.5 Å². The Labute approximate surface area is 145 Å². The fourth-order valence-electron chi connectivity index (χ4n) is 3.18. The lowest BCUT2D eigenvalue weighted by Crippen LogP contribution is -2.14. The summed E-state index contributed by atoms with van der Waals surface area (Å²) in [6.45, 7) is 6.71. The van der Waals surface area contributed by atoms with Crippen molar-refractivity contribution in [1.82, 2.24) is 0 Å². The number of halogens is 1. The second kappa shape index (κ2) is 6.36. The van der Waals surface area contributed by atoms with Gasteiger partial charge in [0.15, 0.2) is 0 Å². The number of rotatable bonds is 4. The van der Waals surface area contributed by atoms with E-state index in [2.05, 4.69) is 40.3 Å². The highest BCUT2D eigenvalue weighted by molar-refractivity contribution is 9.10. The number of ether oxygens (including phenoxy) is 1. The highest BCUT2D eigenvalue weighted by atomic mass is 79.9. The zero-order valence-corrected chi connectivity index (χ0v) is 15.2. The number of amides is 1. The molecule has 0 aromatic heterocycles. The molecule has 0 fully saturated rings. The van der Waals surface area contributed by atoms with Crippen LogP contribution in [0.4, 0.5) is 5.69 Å². The van der Waals surface area contributed by atoms with Crippen molar-refractivity contribution < 1.29 is 9.53 Å². The van der Waals surface area contributed by atoms with E-state index in [1.807, 2.05) is 32.0 Å². The Morgan fingerprint density at radius 1 is 1.22 bits per heavy atom. The van der Waals surface area contributed by atoms with Gasteiger partial charge in [0, 0.05) is 10.2 Å². The Kier molecular flexibility index (Phi) is 4.44. The molecule has 3 nitrogen and oxygen atoms in total. The molecule has 0 radical (unpaired) electrons. The third kappa shape index (κ3) is 3.13. The minimum atomic E-state index is -0.156. The number of anilines is 1. The number of hydrogen-bond acceptors (Lipinski definition) is 2. The number of nitrogens with one attached hydrogen (secondary N) is 1. The molecule has 120 valence electrons. The molecule has 1 heterocycles. The van der Waals surface area contributed by atoms with Gasteiger partial charge in [0.25, 0.3) is 0 Å². The van der Waals surface area contributed by atoms with Gasteiger partial charge in [-0.05, 0) is 62.1 Å². The molecular formula is C19H20BrNO2. The van der Waals surface area contributed by atoms with Crippen molar-refractivity contribution in [2.24, 2.45) is 0 Å². The Bertz CT molecular complexity index is 770. The second-order valence-electron chi connectivity index (χ2n) is 5.98. The Hall–Kier alpha value is -1.81. The van der Waals surface area contributed by atoms with Crippen molar-refractivity contribution in [3.63, 3.8) is 0 Å². The van der Waals surface area contributed by atoms with Crippen LogP contribution >= 0.6 is 15.9 Å². The standard InChI is InChI=1S/C19H20BrNO2/c1-4-23-14-5-6-17(20)13(9-14)10-16-15-8-11(2)7-12(3)18(15)21-19(16)22/h5-9,16H,4,10H2,1-3H3,(H,21,22)/t16-/m0/s1. The summed E-state index contributed by atoms with van der Waals surface area (Å²) < 4.78 is 6.59. The molecule has 1 N–H and O–H groups in total. The van der Waals surface area contributed by atoms with Gasteiger partial charge in [0.05, 0.1) is 12.5 Å². The highest BCUT2D eigenvalue weighted by Gasteiger charge is 2.32. The zero-order valence-electron chi connectivity index (χ0n) is 13.6. The minimum absolute atomic E-state index is 0.0717. The molecule has 0 saturated carbocycles. The molecule has 1 aliphatic heterocycles. The minimum Gasteiger partial charge on any atom is -0.494 e. The molecular weight excluding hydrogens is 354 g/mol. The predicted molar refractivity (Wildman–Crippen MR) is 96.3 cm³/mol. The highest BCUT2D eigenvalue weighted by Crippen LogP contribution is 2.39. The van der Waals surface area contributed by atoms with E-state index in [1.54, 1.807) is 0 Å². The summed E-state index contributed by atoms with van der Waals surface area (Å²) in [4.78, 5) is 12.5. The SMILES string of the molecule is CCOc1ccc(Br)c(C[C@@H]2C(=O)Nc3c(C)cc(C)cc32)c1. The van der Waals surface area contributed by atoms with Crippen LogP contribution in [0.2, 0.25) is 0 Å². The molecule has 0 aliphatic carbocycles. The number of benzene rings is 2. The van der Waals surface area contributed by atoms with E-state index < -0.39 is 0 Å². The monoisotopic (exact) mass is 373 g/mol. The van der Waals surface area contributed by atoms with E-state index in [1.165, 1.54) is 5.56 Å². The summed E-state index contributed by atoms with van der Waals surface area (Å²) in [7, 11) is 0. The van der Waals surface area contributed by atoms with Crippen molar-refractivity contribution >= 4 is 27.5 Å². The van der Waals surface area contributed by atoms with Crippen LogP contribution in [-0.2, 0) is 11.2 Å². The van der Waals surface area contributed by atoms with Crippen LogP contribution in [0.3, 0.4) is 0 Å². The number of carbonyl (C=O) groups excluding carboxylic acids is 1. The van der Waals surface area contributed by atoms with E-state index >= 15 is 0 Å². The molecule has 1 aliphatic rings. The fourth-order valence-corrected chi connectivity index (χ4v) is 3.59. The first-order valence-corrected chi connectivity index (χ1v) is 8.62. The third-order valence-corrected chi connectivity index (χ3v) is 4.98. The van der Waals surface area contributed by atoms with Crippen LogP contribution in [0.5, 0.6) is 5.75 Å². The summed E-state index contributed by atoms with van der Waals surface area (Å²) in [5.74, 6) is 0.754. The van der Waals surface area contributed by atoms with Gasteiger partial charge in [-0.1, -0.05) is 33.6 Å². The van der Waals surface area contributed by atoms with Crippen LogP contribution in [0.25, 0.3) is 0 Å². The molecule has 3 rings (SSSR count). The molecule has 2 aromatic carbocycles. The lowest BCUT2D eigenvalue weighted by molar-refractivity contribution is -0.117. The maximum absolute atomic E-state index is 12.5. The summed E-state index contributed by atoms with van der Waals surface area (Å²) in [6, 6.07) is 10.2. The first kappa shape index (κ1) is 16.1. The molecule has 1 atom stereocenters. The largest absolute Gasteiger partial charge is 0.494 e. The molecule has 23 heavy (non-hydrogen) atoms. The first-order chi connectivity index (χ1) is 11.0. The third-order valence-electron chi connectivity index (χ3n) is 4.20. The summed E-state index contributed by atoms with van der Waals surface area (Å²) in [6.07, 6.45) is 0.656. The van der Waals surface area contributed by atoms with Crippen LogP contribution < -0.4 is 10.1 Å². The van der Waals surface area contributed by atoms with Gasteiger partial charge in [-0.25, -0.2) is 0 Å². The van der Waals surface area contributed by atoms with Crippen molar-refractivity contribution in [2.45, 2.75) is 33.1 Å². The lowest BCUT2D eigenvalue weighted by atomic mass is 9.91. The Morgan fingerprint density at radius 2 is 2.00 bits per heavy atom. The van der Waals surface area contributed by atoms with Gasteiger partial charge in [-0.15, -0.1) is 0 Å². The van der Waals surface area contributed by atoms with Crippen molar-refractivity contribution in [2.75, 3.05) is 11.9 Å². The number of hydrogen-bond donors (Lipinski definition) is 1. The quantitative estimate of drug-likeness (QED) is 0.839. The molecule has 0 spiro atoms. The van der Waals surface area contributed by atoms with Crippen LogP contribution in [0.1, 0.15) is 35.1 Å². The van der Waals surface area contributed by atoms with Gasteiger partial charge in [-0.3, -0.25) is 4.79 Å². The van der Waals surface area contributed by atoms with Gasteiger partial charge in [0.1, 0.15) is 5.75 Å². The molecule has 4 heteroatoms. The topological polar surface area (TPSA) is 38.3 Å². The van der Waals surface area contributed by atoms with Gasteiger partial charge in [-0.2, -0.15) is 0 Å². The van der Waals surface area contributed by atoms with Gasteiger partial charge >= 0.3 is 0 Å². The lowest BCUT2D eigenvalue weighted by Gasteiger charge is -2.13. The second-order valence-corrected chi connectivity index (χ2v) is 6.83. The summed E-state index contributed by atoms with van der Waals surface area (Å²) >= 11 is 3.59. The molecule has 0 saturated heterocycles. The van der Waals surface area contributed by atoms with Gasteiger partial charge in [0.2, 0.25) is 5.91 Å². The number of fused-ring (bicyclic) bond motifs is 1. The van der Waals surface area contributed by atoms with Crippen LogP contribution in [0, 0.1) is 13.8 Å². The number of aryl methyl sites for hydroxylation is 2. The normalized spacial score (nSPS) is 16.2. The van der Waals surface area contributed by atoms with E-state index in [0.717, 1.165) is 32.6 Å². The Balaban J connectivity index is 1.96. The molecule has 2 aromatic rings. The summed E-state index contributed by atoms with van der Waals surface area (Å²) in [5, 5.41) is 3.04. The zero-order chi connectivity index (χ0) is 16.6. The average Bonchev–Trinajstić information content (AvgIpc) is 2.80. The molecule has 0 unspecified atom stereocenters. The van der Waals surface area contributed by atoms with Crippen LogP contribution in [0.15, 0.2) is 34.8 Å². The van der Waals surface area contributed by atoms with E-state index in [9.17, 15) is 4.79 Å². The smallest absolute Gasteiger partial charge is 0.232 e. The number of carbonyl (C=O) groups is 1. The van der Waals surface area contributed by atoms with E-state index in [0.29, 0.717) is 13.0 Å². The van der Waals surface area contributed by atoms with Crippen molar-refractivity contribution in [3.8, 4) is 5.75 Å². The van der Waals surface area contributed by atoms with Gasteiger partial charge < -0.3 is 10.1 Å². The van der Waals surface area contributed by atoms with E-state index in [4.69, 9.17) is 4.74 Å². The van der Waals surface area contributed by atoms with E-state index in [-0.39, 0.29) is 11.8 Å². The fraction of sp³-hybridized carbons (Fsp3) is 0.316.